The van der Waals surface area contributed by atoms with E-state index in [4.69, 9.17) is 8.08 Å². The molecule has 0 aliphatic carbocycles. The molecule has 8 aromatic rings. The first-order valence-electron chi connectivity index (χ1n) is 15.2. The van der Waals surface area contributed by atoms with Crippen molar-refractivity contribution in [3.05, 3.63) is 168 Å². The third kappa shape index (κ3) is 4.27. The highest BCUT2D eigenvalue weighted by Gasteiger charge is 2.32. The lowest BCUT2D eigenvalue weighted by atomic mass is 9.85. The van der Waals surface area contributed by atoms with Crippen molar-refractivity contribution in [2.45, 2.75) is 7.43 Å². The zero-order valence-corrected chi connectivity index (χ0v) is 25.1. The minimum atomic E-state index is 0. The quantitative estimate of drug-likeness (QED) is 0.179. The van der Waals surface area contributed by atoms with Gasteiger partial charge in [0, 0.05) is 0 Å². The van der Waals surface area contributed by atoms with Gasteiger partial charge in [-0.05, 0) is 65.7 Å². The molecule has 1 aliphatic rings. The summed E-state index contributed by atoms with van der Waals surface area (Å²) in [6, 6.07) is 56.6. The van der Waals surface area contributed by atoms with Crippen LogP contribution in [-0.2, 0) is 11.4 Å². The predicted octanol–water partition coefficient (Wildman–Crippen LogP) is 9.29. The van der Waals surface area contributed by atoms with Crippen LogP contribution in [-0.4, -0.2) is 0 Å². The zero-order valence-electron chi connectivity index (χ0n) is 24.3. The first kappa shape index (κ1) is 27.7. The average molecular weight is 607 g/mol. The molecule has 1 aliphatic heterocycles. The number of hydrogen-bond acceptors (Lipinski definition) is 0. The summed E-state index contributed by atoms with van der Waals surface area (Å²) in [6.45, 7) is 0. The lowest BCUT2D eigenvalue weighted by molar-refractivity contribution is 1.31. The second-order valence-electron chi connectivity index (χ2n) is 11.4. The molecule has 1 heterocycles. The Bertz CT molecular complexity index is 2500. The van der Waals surface area contributed by atoms with E-state index in [1.54, 1.807) is 0 Å². The van der Waals surface area contributed by atoms with Gasteiger partial charge >= 0.3 is 22.1 Å². The van der Waals surface area contributed by atoms with Gasteiger partial charge in [-0.3, -0.25) is 0 Å². The fourth-order valence-corrected chi connectivity index (χ4v) is 7.61. The van der Waals surface area contributed by atoms with Gasteiger partial charge in [-0.25, -0.2) is 0 Å². The lowest BCUT2D eigenvalue weighted by Gasteiger charge is -2.15. The number of hydrogen-bond donors (Lipinski definition) is 0. The fraction of sp³-hybridized carbons (Fsp3) is 0.0233. The van der Waals surface area contributed by atoms with Crippen LogP contribution in [0.4, 0.5) is 0 Å². The molecule has 46 heavy (non-hydrogen) atoms. The van der Waals surface area contributed by atoms with Crippen LogP contribution in [0.15, 0.2) is 158 Å². The Kier molecular flexibility index (Phi) is 6.79. The van der Waals surface area contributed by atoms with Gasteiger partial charge in [0.15, 0.2) is 0 Å². The number of benzene rings is 8. The van der Waals surface area contributed by atoms with Gasteiger partial charge in [-0.1, -0.05) is 165 Å². The van der Waals surface area contributed by atoms with Crippen molar-refractivity contribution in [3.8, 4) is 44.5 Å². The number of fused-ring (bicyclic) bond motifs is 4. The predicted molar refractivity (Wildman–Crippen MR) is 197 cm³/mol. The smallest absolute Gasteiger partial charge is 0.0776 e. The van der Waals surface area contributed by atoms with Crippen LogP contribution in [0.5, 0.6) is 0 Å². The summed E-state index contributed by atoms with van der Waals surface area (Å²) in [5, 5.41) is 9.12. The van der Waals surface area contributed by atoms with E-state index in [1.807, 2.05) is 0 Å². The standard InChI is InChI=1S/C42H26N2S.CH4/c1-3-13-27(14-4-1)31-23-9-17-29-19-11-25-35(37(29)31)39-33-21-7-8-22-34(33)40(42-41(39)43-45-44-42)36-26-12-20-30-18-10-24-32(38(30)36)28-15-5-2-6-16-28;/h1-26H;1H4/q+2;. The Hall–Kier alpha value is -5.82. The summed E-state index contributed by atoms with van der Waals surface area (Å²) in [6.07, 6.45) is 0. The second kappa shape index (κ2) is 11.3. The largest absolute Gasteiger partial charge is 0.700 e. The van der Waals surface area contributed by atoms with Crippen LogP contribution in [0.25, 0.3) is 76.8 Å². The van der Waals surface area contributed by atoms with Crippen LogP contribution < -0.4 is 18.8 Å². The lowest BCUT2D eigenvalue weighted by Crippen LogP contribution is -2.32. The van der Waals surface area contributed by atoms with E-state index < -0.39 is 0 Å². The maximum absolute atomic E-state index is 5.03. The van der Waals surface area contributed by atoms with Gasteiger partial charge < -0.3 is 0 Å². The summed E-state index contributed by atoms with van der Waals surface area (Å²) >= 11 is 1.29. The zero-order chi connectivity index (χ0) is 29.7. The maximum atomic E-state index is 5.03. The van der Waals surface area contributed by atoms with E-state index in [9.17, 15) is 0 Å². The fourth-order valence-electron chi connectivity index (χ4n) is 7.05. The molecular formula is C43H30N2S+2. The summed E-state index contributed by atoms with van der Waals surface area (Å²) in [7, 11) is 0. The van der Waals surface area contributed by atoms with Crippen molar-refractivity contribution in [2.75, 3.05) is 0 Å². The van der Waals surface area contributed by atoms with E-state index in [-0.39, 0.29) is 7.43 Å². The third-order valence-electron chi connectivity index (χ3n) is 8.95. The van der Waals surface area contributed by atoms with Crippen LogP contribution >= 0.6 is 0 Å². The minimum Gasteiger partial charge on any atom is -0.0776 e. The first-order chi connectivity index (χ1) is 22.4. The van der Waals surface area contributed by atoms with E-state index in [0.29, 0.717) is 0 Å². The Balaban J connectivity index is 0.00000312. The van der Waals surface area contributed by atoms with Crippen LogP contribution in [0, 0.1) is 0 Å². The third-order valence-corrected chi connectivity index (χ3v) is 9.47. The maximum Gasteiger partial charge on any atom is 0.700 e. The molecule has 9 rings (SSSR count). The molecule has 0 saturated carbocycles. The van der Waals surface area contributed by atoms with Gasteiger partial charge in [0.1, 0.15) is 0 Å². The van der Waals surface area contributed by atoms with Crippen molar-refractivity contribution in [3.63, 3.8) is 0 Å². The van der Waals surface area contributed by atoms with Crippen LogP contribution in [0.1, 0.15) is 7.43 Å². The van der Waals surface area contributed by atoms with Gasteiger partial charge in [-0.15, -0.1) is 0 Å². The van der Waals surface area contributed by atoms with E-state index in [0.717, 1.165) is 21.8 Å². The number of rotatable bonds is 4. The Morgan fingerprint density at radius 1 is 0.348 bits per heavy atom. The molecule has 0 fully saturated rings. The number of nitrogens with zero attached hydrogens (tertiary/aromatic N) is 2. The summed E-state index contributed by atoms with van der Waals surface area (Å²) < 4.78 is 10.1. The molecule has 0 aromatic heterocycles. The molecule has 0 atom stereocenters. The molecule has 0 unspecified atom stereocenters. The van der Waals surface area contributed by atoms with Crippen molar-refractivity contribution < 1.29 is 0 Å². The SMILES string of the molecule is C.c1ccc(-c2cccc3cccc(-c4c5c(c(-c6cccc7cccc(-c8ccccc8)c67)c6ccccc46)=[N+]=S=[N+]=5)c23)cc1. The summed E-state index contributed by atoms with van der Waals surface area (Å²) in [4.78, 5) is 0. The monoisotopic (exact) mass is 606 g/mol. The van der Waals surface area contributed by atoms with Crippen LogP contribution in [0.3, 0.4) is 0 Å². The molecule has 3 heteroatoms. The first-order valence-corrected chi connectivity index (χ1v) is 15.9. The highest BCUT2D eigenvalue weighted by Crippen LogP contribution is 2.41. The normalized spacial score (nSPS) is 11.5. The highest BCUT2D eigenvalue weighted by molar-refractivity contribution is 7.55. The van der Waals surface area contributed by atoms with Gasteiger partial charge in [0.05, 0.1) is 19.2 Å². The molecule has 0 bridgehead atoms. The molecule has 0 spiro atoms. The molecule has 0 saturated heterocycles. The van der Waals surface area contributed by atoms with Gasteiger partial charge in [-0.2, -0.15) is 0 Å². The van der Waals surface area contributed by atoms with Crippen molar-refractivity contribution in [2.24, 2.45) is 0 Å². The molecule has 0 radical (unpaired) electrons. The highest BCUT2D eigenvalue weighted by atomic mass is 32.1. The molecule has 0 N–H and O–H groups in total. The van der Waals surface area contributed by atoms with Gasteiger partial charge in [0.25, 0.3) is 0 Å². The average Bonchev–Trinajstić information content (AvgIpc) is 3.60. The van der Waals surface area contributed by atoms with E-state index in [2.05, 4.69) is 158 Å². The molecule has 0 amide bonds. The Labute approximate surface area is 271 Å². The minimum absolute atomic E-state index is 0. The van der Waals surface area contributed by atoms with Crippen molar-refractivity contribution in [1.82, 2.24) is 8.08 Å². The van der Waals surface area contributed by atoms with E-state index >= 15 is 0 Å². The molecule has 2 nitrogen and oxygen atoms in total. The molecular weight excluding hydrogens is 577 g/mol. The molecule has 8 aromatic carbocycles. The van der Waals surface area contributed by atoms with Crippen molar-refractivity contribution in [1.29, 1.82) is 0 Å². The Morgan fingerprint density at radius 3 is 1.13 bits per heavy atom. The second-order valence-corrected chi connectivity index (χ2v) is 11.9. The molecule has 216 valence electrons. The van der Waals surface area contributed by atoms with Crippen molar-refractivity contribution >= 4 is 43.7 Å². The van der Waals surface area contributed by atoms with Gasteiger partial charge in [0.2, 0.25) is 0 Å². The Morgan fingerprint density at radius 2 is 0.717 bits per heavy atom. The summed E-state index contributed by atoms with van der Waals surface area (Å²) in [5.41, 5.74) is 9.46. The van der Waals surface area contributed by atoms with E-state index in [1.165, 1.54) is 77.1 Å². The van der Waals surface area contributed by atoms with Crippen LogP contribution in [0.2, 0.25) is 0 Å². The summed E-state index contributed by atoms with van der Waals surface area (Å²) in [5.74, 6) is 0. The topological polar surface area (TPSA) is 28.2 Å².